The molecular formula is C28H33N5O8. The molecule has 13 nitrogen and oxygen atoms in total. The summed E-state index contributed by atoms with van der Waals surface area (Å²) in [7, 11) is 1.31. The number of carbonyl (C=O) groups excluding carboxylic acids is 4. The highest BCUT2D eigenvalue weighted by Gasteiger charge is 2.29. The van der Waals surface area contributed by atoms with Gasteiger partial charge in [-0.1, -0.05) is 0 Å². The van der Waals surface area contributed by atoms with Crippen LogP contribution in [0.4, 0.5) is 10.5 Å². The van der Waals surface area contributed by atoms with Gasteiger partial charge in [0.15, 0.2) is 5.76 Å². The van der Waals surface area contributed by atoms with Crippen molar-refractivity contribution in [3.05, 3.63) is 65.4 Å². The molecule has 1 N–H and O–H groups in total. The number of anilines is 1. The topological polar surface area (TPSA) is 145 Å². The number of rotatable bonds is 9. The van der Waals surface area contributed by atoms with Gasteiger partial charge in [-0.05, 0) is 57.2 Å². The zero-order valence-electron chi connectivity index (χ0n) is 23.4. The van der Waals surface area contributed by atoms with E-state index in [1.807, 2.05) is 0 Å². The number of nitrogens with zero attached hydrogens (tertiary/aromatic N) is 4. The first kappa shape index (κ1) is 29.2. The maximum atomic E-state index is 13.1. The average Bonchev–Trinajstić information content (AvgIpc) is 3.62. The number of carbonyl (C=O) groups is 4. The van der Waals surface area contributed by atoms with E-state index in [4.69, 9.17) is 13.9 Å². The van der Waals surface area contributed by atoms with Gasteiger partial charge in [-0.15, -0.1) is 0 Å². The minimum absolute atomic E-state index is 0.0789. The van der Waals surface area contributed by atoms with E-state index < -0.39 is 17.9 Å². The molecule has 0 spiro atoms. The zero-order chi connectivity index (χ0) is 29.5. The van der Waals surface area contributed by atoms with Crippen molar-refractivity contribution >= 4 is 29.6 Å². The summed E-state index contributed by atoms with van der Waals surface area (Å²) in [6, 6.07) is 9.02. The Morgan fingerprint density at radius 3 is 2.37 bits per heavy atom. The van der Waals surface area contributed by atoms with Crippen LogP contribution in [0.3, 0.4) is 0 Å². The molecule has 1 aromatic carbocycles. The van der Waals surface area contributed by atoms with Crippen molar-refractivity contribution in [2.24, 2.45) is 0 Å². The number of methoxy groups -OCH3 is 1. The van der Waals surface area contributed by atoms with Crippen LogP contribution in [0.5, 0.6) is 5.75 Å². The largest absolute Gasteiger partial charge is 0.486 e. The Bertz CT molecular complexity index is 1390. The summed E-state index contributed by atoms with van der Waals surface area (Å²) in [5, 5.41) is 7.20. The highest BCUT2D eigenvalue weighted by molar-refractivity contribution is 6.02. The smallest absolute Gasteiger partial charge is 0.409 e. The summed E-state index contributed by atoms with van der Waals surface area (Å²) in [6.07, 6.45) is 1.23. The molecule has 13 heteroatoms. The second kappa shape index (κ2) is 13.0. The molecule has 1 aliphatic rings. The van der Waals surface area contributed by atoms with E-state index in [1.54, 1.807) is 67.1 Å². The predicted octanol–water partition coefficient (Wildman–Crippen LogP) is 3.26. The Hall–Kier alpha value is -4.81. The molecule has 41 heavy (non-hydrogen) atoms. The van der Waals surface area contributed by atoms with Crippen molar-refractivity contribution in [2.75, 3.05) is 45.2 Å². The molecule has 1 atom stereocenters. The molecule has 1 saturated heterocycles. The van der Waals surface area contributed by atoms with Gasteiger partial charge in [-0.3, -0.25) is 14.3 Å². The summed E-state index contributed by atoms with van der Waals surface area (Å²) >= 11 is 0. The van der Waals surface area contributed by atoms with Crippen LogP contribution in [0.15, 0.2) is 47.0 Å². The molecule has 0 bridgehead atoms. The fraction of sp³-hybridized carbons (Fsp3) is 0.393. The van der Waals surface area contributed by atoms with Crippen LogP contribution in [0, 0.1) is 6.92 Å². The van der Waals surface area contributed by atoms with Crippen molar-refractivity contribution < 1.29 is 37.8 Å². The van der Waals surface area contributed by atoms with Crippen LogP contribution in [0.2, 0.25) is 0 Å². The normalized spacial score (nSPS) is 13.9. The molecule has 3 aromatic rings. The summed E-state index contributed by atoms with van der Waals surface area (Å²) < 4.78 is 22.5. The van der Waals surface area contributed by atoms with Gasteiger partial charge < -0.3 is 33.7 Å². The fourth-order valence-electron chi connectivity index (χ4n) is 4.23. The summed E-state index contributed by atoms with van der Waals surface area (Å²) in [5.74, 6) is -0.0132. The monoisotopic (exact) mass is 567 g/mol. The van der Waals surface area contributed by atoms with Gasteiger partial charge in [0, 0.05) is 32.4 Å². The lowest BCUT2D eigenvalue weighted by Crippen LogP contribution is -2.52. The standard InChI is InChI=1S/C28H33N5O8/c1-5-39-28(37)32-14-12-31(13-15-32)26(35)19(3)33-16-23(18(2)30-33)29-25(34)24-11-10-22(41-24)17-40-21-8-6-20(7-9-21)27(36)38-4/h6-11,16,19H,5,12-15,17H2,1-4H3,(H,29,34). The SMILES string of the molecule is CCOC(=O)N1CCN(C(=O)C(C)n2cc(NC(=O)c3ccc(COc4ccc(C(=O)OC)cc4)o3)c(C)n2)CC1. The second-order valence-corrected chi connectivity index (χ2v) is 9.32. The number of hydrogen-bond donors (Lipinski definition) is 1. The Kier molecular flexibility index (Phi) is 9.27. The van der Waals surface area contributed by atoms with E-state index in [0.717, 1.165) is 0 Å². The number of hydrogen-bond acceptors (Lipinski definition) is 9. The second-order valence-electron chi connectivity index (χ2n) is 9.32. The van der Waals surface area contributed by atoms with Crippen molar-refractivity contribution in [2.45, 2.75) is 33.4 Å². The molecule has 0 aliphatic carbocycles. The van der Waals surface area contributed by atoms with Crippen LogP contribution < -0.4 is 10.1 Å². The number of furan rings is 1. The van der Waals surface area contributed by atoms with Crippen molar-refractivity contribution in [1.29, 1.82) is 0 Å². The number of aryl methyl sites for hydroxylation is 1. The van der Waals surface area contributed by atoms with E-state index in [-0.39, 0.29) is 24.4 Å². The molecule has 4 rings (SSSR count). The van der Waals surface area contributed by atoms with Gasteiger partial charge in [0.1, 0.15) is 24.2 Å². The average molecular weight is 568 g/mol. The third kappa shape index (κ3) is 7.04. The molecule has 3 amide bonds. The van der Waals surface area contributed by atoms with Gasteiger partial charge in [0.2, 0.25) is 5.91 Å². The first-order valence-electron chi connectivity index (χ1n) is 13.2. The number of piperazine rings is 1. The predicted molar refractivity (Wildman–Crippen MR) is 146 cm³/mol. The van der Waals surface area contributed by atoms with Gasteiger partial charge in [-0.25, -0.2) is 9.59 Å². The van der Waals surface area contributed by atoms with Crippen LogP contribution in [0.25, 0.3) is 0 Å². The number of nitrogens with one attached hydrogen (secondary N) is 1. The number of esters is 1. The molecule has 0 saturated carbocycles. The summed E-state index contributed by atoms with van der Waals surface area (Å²) in [6.45, 7) is 7.19. The highest BCUT2D eigenvalue weighted by atomic mass is 16.6. The van der Waals surface area contributed by atoms with E-state index in [1.165, 1.54) is 17.9 Å². The Morgan fingerprint density at radius 2 is 1.71 bits per heavy atom. The molecular weight excluding hydrogens is 534 g/mol. The van der Waals surface area contributed by atoms with E-state index in [0.29, 0.717) is 61.2 Å². The molecule has 3 heterocycles. The van der Waals surface area contributed by atoms with E-state index >= 15 is 0 Å². The summed E-state index contributed by atoms with van der Waals surface area (Å²) in [5.41, 5.74) is 1.39. The van der Waals surface area contributed by atoms with E-state index in [2.05, 4.69) is 15.2 Å². The Balaban J connectivity index is 1.30. The number of amides is 3. The van der Waals surface area contributed by atoms with Crippen LogP contribution >= 0.6 is 0 Å². The zero-order valence-corrected chi connectivity index (χ0v) is 23.4. The van der Waals surface area contributed by atoms with Crippen LogP contribution in [0.1, 0.15) is 52.3 Å². The maximum absolute atomic E-state index is 13.1. The molecule has 2 aromatic heterocycles. The fourth-order valence-corrected chi connectivity index (χ4v) is 4.23. The van der Waals surface area contributed by atoms with Gasteiger partial charge in [0.05, 0.1) is 30.7 Å². The van der Waals surface area contributed by atoms with Crippen LogP contribution in [-0.2, 0) is 20.9 Å². The van der Waals surface area contributed by atoms with Crippen molar-refractivity contribution in [3.8, 4) is 5.75 Å². The lowest BCUT2D eigenvalue weighted by Gasteiger charge is -2.35. The van der Waals surface area contributed by atoms with Crippen molar-refractivity contribution in [1.82, 2.24) is 19.6 Å². The minimum Gasteiger partial charge on any atom is -0.486 e. The number of benzene rings is 1. The molecule has 0 radical (unpaired) electrons. The van der Waals surface area contributed by atoms with Gasteiger partial charge in [0.25, 0.3) is 5.91 Å². The number of ether oxygens (including phenoxy) is 3. The molecule has 218 valence electrons. The Labute approximate surface area is 236 Å². The lowest BCUT2D eigenvalue weighted by molar-refractivity contribution is -0.136. The third-order valence-electron chi connectivity index (χ3n) is 6.58. The Morgan fingerprint density at radius 1 is 1.02 bits per heavy atom. The molecule has 1 aliphatic heterocycles. The minimum atomic E-state index is -0.609. The summed E-state index contributed by atoms with van der Waals surface area (Å²) in [4.78, 5) is 52.7. The number of aromatic nitrogens is 2. The maximum Gasteiger partial charge on any atom is 0.409 e. The van der Waals surface area contributed by atoms with Gasteiger partial charge >= 0.3 is 12.1 Å². The molecule has 1 unspecified atom stereocenters. The van der Waals surface area contributed by atoms with Crippen molar-refractivity contribution in [3.63, 3.8) is 0 Å². The van der Waals surface area contributed by atoms with Crippen LogP contribution in [-0.4, -0.2) is 83.4 Å². The highest BCUT2D eigenvalue weighted by Crippen LogP contribution is 2.21. The lowest BCUT2D eigenvalue weighted by atomic mass is 10.2. The first-order valence-corrected chi connectivity index (χ1v) is 13.2. The first-order chi connectivity index (χ1) is 19.7. The van der Waals surface area contributed by atoms with E-state index in [9.17, 15) is 19.2 Å². The quantitative estimate of drug-likeness (QED) is 0.385. The van der Waals surface area contributed by atoms with Gasteiger partial charge in [-0.2, -0.15) is 5.10 Å². The third-order valence-corrected chi connectivity index (χ3v) is 6.58. The molecule has 1 fully saturated rings.